The minimum atomic E-state index is -0.0409. The Labute approximate surface area is 179 Å². The molecule has 154 valence electrons. The first-order valence-electron chi connectivity index (χ1n) is 10.1. The highest BCUT2D eigenvalue weighted by Gasteiger charge is 2.42. The van der Waals surface area contributed by atoms with Gasteiger partial charge in [-0.2, -0.15) is 11.8 Å². The van der Waals surface area contributed by atoms with E-state index in [-0.39, 0.29) is 24.0 Å². The van der Waals surface area contributed by atoms with Crippen LogP contribution in [0.2, 0.25) is 0 Å². The van der Waals surface area contributed by atoms with Gasteiger partial charge in [0, 0.05) is 41.3 Å². The van der Waals surface area contributed by atoms with Crippen molar-refractivity contribution in [1.82, 2.24) is 20.9 Å². The van der Waals surface area contributed by atoms with Crippen molar-refractivity contribution in [2.24, 2.45) is 0 Å². The van der Waals surface area contributed by atoms with Crippen molar-refractivity contribution in [3.63, 3.8) is 0 Å². The van der Waals surface area contributed by atoms with Crippen molar-refractivity contribution in [2.45, 2.75) is 49.4 Å². The molecule has 4 rings (SSSR count). The Morgan fingerprint density at radius 1 is 1.21 bits per heavy atom. The molecule has 29 heavy (non-hydrogen) atoms. The van der Waals surface area contributed by atoms with E-state index in [1.54, 1.807) is 11.3 Å². The maximum absolute atomic E-state index is 12.1. The number of fused-ring (bicyclic) bond motifs is 1. The normalized spacial score (nSPS) is 22.8. The van der Waals surface area contributed by atoms with Crippen LogP contribution in [0.15, 0.2) is 35.7 Å². The van der Waals surface area contributed by atoms with Crippen molar-refractivity contribution >= 4 is 35.0 Å². The highest BCUT2D eigenvalue weighted by Crippen LogP contribution is 2.33. The number of hydrogen-bond acceptors (Lipinski definition) is 5. The fourth-order valence-electron chi connectivity index (χ4n) is 3.84. The lowest BCUT2D eigenvalue weighted by molar-refractivity contribution is -0.121. The first-order chi connectivity index (χ1) is 14.2. The van der Waals surface area contributed by atoms with Gasteiger partial charge in [0.15, 0.2) is 0 Å². The van der Waals surface area contributed by atoms with Crippen LogP contribution >= 0.6 is 23.1 Å². The molecule has 3 N–H and O–H groups in total. The summed E-state index contributed by atoms with van der Waals surface area (Å²) in [6.07, 6.45) is 4.26. The average molecular weight is 431 g/mol. The molecule has 2 aliphatic heterocycles. The van der Waals surface area contributed by atoms with E-state index >= 15 is 0 Å². The molecule has 0 spiro atoms. The van der Waals surface area contributed by atoms with E-state index in [9.17, 15) is 9.59 Å². The van der Waals surface area contributed by atoms with Gasteiger partial charge in [-0.15, -0.1) is 11.3 Å². The van der Waals surface area contributed by atoms with Crippen LogP contribution in [-0.4, -0.2) is 46.6 Å². The molecule has 2 fully saturated rings. The van der Waals surface area contributed by atoms with Crippen molar-refractivity contribution < 1.29 is 9.59 Å². The number of carbonyl (C=O) groups excluding carboxylic acids is 2. The van der Waals surface area contributed by atoms with E-state index in [1.165, 1.54) is 0 Å². The smallest absolute Gasteiger partial charge is 0.315 e. The van der Waals surface area contributed by atoms with Crippen LogP contribution in [0, 0.1) is 0 Å². The van der Waals surface area contributed by atoms with Gasteiger partial charge in [0.05, 0.1) is 22.8 Å². The van der Waals surface area contributed by atoms with E-state index in [1.807, 2.05) is 30.0 Å². The Morgan fingerprint density at radius 3 is 2.93 bits per heavy atom. The third-order valence-corrected chi connectivity index (χ3v) is 7.78. The molecule has 0 unspecified atom stereocenters. The number of urea groups is 1. The molecule has 3 amide bonds. The van der Waals surface area contributed by atoms with Crippen molar-refractivity contribution in [3.05, 3.63) is 40.7 Å². The maximum atomic E-state index is 12.1. The molecule has 1 aromatic carbocycles. The number of unbranched alkanes of at least 4 members (excludes halogenated alkanes) is 1. The van der Waals surface area contributed by atoms with E-state index in [4.69, 9.17) is 0 Å². The summed E-state index contributed by atoms with van der Waals surface area (Å²) in [4.78, 5) is 28.1. The summed E-state index contributed by atoms with van der Waals surface area (Å²) in [5.41, 5.74) is 2.12. The number of benzene rings is 1. The number of rotatable bonds is 9. The zero-order chi connectivity index (χ0) is 20.1. The molecule has 0 saturated carbocycles. The van der Waals surface area contributed by atoms with Crippen LogP contribution in [0.5, 0.6) is 0 Å². The van der Waals surface area contributed by atoms with Gasteiger partial charge in [-0.05, 0) is 12.8 Å². The summed E-state index contributed by atoms with van der Waals surface area (Å²) in [6, 6.07) is 10.6. The van der Waals surface area contributed by atoms with Gasteiger partial charge in [0.2, 0.25) is 5.91 Å². The average Bonchev–Trinajstić information content (AvgIpc) is 3.43. The Bertz CT molecular complexity index is 842. The third-order valence-electron chi connectivity index (χ3n) is 5.36. The monoisotopic (exact) mass is 430 g/mol. The zero-order valence-corrected chi connectivity index (χ0v) is 17.9. The molecule has 2 aromatic rings. The first-order valence-corrected chi connectivity index (χ1v) is 12.1. The Kier molecular flexibility index (Phi) is 6.71. The SMILES string of the molecule is O=C(CCCC[C@@H]1SC[C@@H]2NC(=O)N[C@@H]21)NCCc1nc(-c2ccccc2)cs1. The highest BCUT2D eigenvalue weighted by atomic mass is 32.2. The molecule has 6 nitrogen and oxygen atoms in total. The number of nitrogens with one attached hydrogen (secondary N) is 3. The molecule has 1 aromatic heterocycles. The molecule has 8 heteroatoms. The van der Waals surface area contributed by atoms with E-state index in [2.05, 4.69) is 38.4 Å². The van der Waals surface area contributed by atoms with Crippen molar-refractivity contribution in [3.8, 4) is 11.3 Å². The van der Waals surface area contributed by atoms with Crippen LogP contribution in [0.4, 0.5) is 4.79 Å². The minimum Gasteiger partial charge on any atom is -0.356 e. The van der Waals surface area contributed by atoms with Gasteiger partial charge in [0.25, 0.3) is 0 Å². The van der Waals surface area contributed by atoms with E-state index < -0.39 is 0 Å². The number of aromatic nitrogens is 1. The Balaban J connectivity index is 1.10. The predicted octanol–water partition coefficient (Wildman–Crippen LogP) is 3.19. The maximum Gasteiger partial charge on any atom is 0.315 e. The number of thiazole rings is 1. The van der Waals surface area contributed by atoms with Crippen LogP contribution in [0.3, 0.4) is 0 Å². The molecule has 3 heterocycles. The number of thioether (sulfide) groups is 1. The van der Waals surface area contributed by atoms with Crippen molar-refractivity contribution in [1.29, 1.82) is 0 Å². The highest BCUT2D eigenvalue weighted by molar-refractivity contribution is 8.00. The van der Waals surface area contributed by atoms with E-state index in [0.717, 1.165) is 47.7 Å². The second-order valence-corrected chi connectivity index (χ2v) is 9.67. The van der Waals surface area contributed by atoms with Gasteiger partial charge in [-0.25, -0.2) is 9.78 Å². The summed E-state index contributed by atoms with van der Waals surface area (Å²) in [6.45, 7) is 0.626. The van der Waals surface area contributed by atoms with Gasteiger partial charge >= 0.3 is 6.03 Å². The Hall–Kier alpha value is -2.06. The quantitative estimate of drug-likeness (QED) is 0.421. The Morgan fingerprint density at radius 2 is 2.07 bits per heavy atom. The first kappa shape index (κ1) is 20.2. The standard InChI is InChI=1S/C21H26N4O2S2/c26-18(9-5-4-8-17-20-16(13-28-17)24-21(27)25-20)22-11-10-19-23-15(12-29-19)14-6-2-1-3-7-14/h1-3,6-7,12,16-17,20H,4-5,8-11,13H2,(H,22,26)(H2,24,25,27)/t16-,17-,20-/m0/s1. The summed E-state index contributed by atoms with van der Waals surface area (Å²) < 4.78 is 0. The number of hydrogen-bond donors (Lipinski definition) is 3. The minimum absolute atomic E-state index is 0.0409. The number of amides is 3. The summed E-state index contributed by atoms with van der Waals surface area (Å²) in [5, 5.41) is 12.6. The van der Waals surface area contributed by atoms with Gasteiger partial charge < -0.3 is 16.0 Å². The second kappa shape index (κ2) is 9.63. The topological polar surface area (TPSA) is 83.1 Å². The van der Waals surface area contributed by atoms with Crippen LogP contribution in [0.1, 0.15) is 30.7 Å². The second-order valence-electron chi connectivity index (χ2n) is 7.46. The zero-order valence-electron chi connectivity index (χ0n) is 16.2. The largest absolute Gasteiger partial charge is 0.356 e. The fraction of sp³-hybridized carbons (Fsp3) is 0.476. The lowest BCUT2D eigenvalue weighted by Gasteiger charge is -2.16. The molecule has 3 atom stereocenters. The third kappa shape index (κ3) is 5.30. The van der Waals surface area contributed by atoms with Gasteiger partial charge in [0.1, 0.15) is 0 Å². The van der Waals surface area contributed by atoms with Gasteiger partial charge in [-0.3, -0.25) is 4.79 Å². The van der Waals surface area contributed by atoms with Crippen LogP contribution in [0.25, 0.3) is 11.3 Å². The molecule has 0 aliphatic carbocycles. The lowest BCUT2D eigenvalue weighted by atomic mass is 10.0. The molecule has 0 bridgehead atoms. The number of nitrogens with zero attached hydrogens (tertiary/aromatic N) is 1. The molecular weight excluding hydrogens is 404 g/mol. The van der Waals surface area contributed by atoms with Crippen LogP contribution in [-0.2, 0) is 11.2 Å². The van der Waals surface area contributed by atoms with Crippen molar-refractivity contribution in [2.75, 3.05) is 12.3 Å². The predicted molar refractivity (Wildman–Crippen MR) is 118 cm³/mol. The molecule has 0 radical (unpaired) electrons. The van der Waals surface area contributed by atoms with Gasteiger partial charge in [-0.1, -0.05) is 36.8 Å². The van der Waals surface area contributed by atoms with E-state index in [0.29, 0.717) is 18.2 Å². The molecule has 2 aliphatic rings. The van der Waals surface area contributed by atoms with Crippen LogP contribution < -0.4 is 16.0 Å². The lowest BCUT2D eigenvalue weighted by Crippen LogP contribution is -2.36. The molecule has 2 saturated heterocycles. The summed E-state index contributed by atoms with van der Waals surface area (Å²) >= 11 is 3.56. The summed E-state index contributed by atoms with van der Waals surface area (Å²) in [5.74, 6) is 1.09. The molecular formula is C21H26N4O2S2. The fourth-order valence-corrected chi connectivity index (χ4v) is 6.19. The number of carbonyl (C=O) groups is 2. The summed E-state index contributed by atoms with van der Waals surface area (Å²) in [7, 11) is 0.